The molecule has 0 bridgehead atoms. The quantitative estimate of drug-likeness (QED) is 0.460. The third-order valence-corrected chi connectivity index (χ3v) is 5.36. The van der Waals surface area contributed by atoms with Crippen LogP contribution in [0.15, 0.2) is 53.9 Å². The molecule has 0 unspecified atom stereocenters. The number of para-hydroxylation sites is 1. The molecule has 0 radical (unpaired) electrons. The van der Waals surface area contributed by atoms with Gasteiger partial charge in [-0.25, -0.2) is 4.98 Å². The summed E-state index contributed by atoms with van der Waals surface area (Å²) in [4.78, 5) is 42.2. The van der Waals surface area contributed by atoms with Crippen LogP contribution < -0.4 is 4.74 Å². The van der Waals surface area contributed by atoms with Gasteiger partial charge in [0.2, 0.25) is 0 Å². The molecule has 0 spiro atoms. The van der Waals surface area contributed by atoms with Crippen LogP contribution in [0.2, 0.25) is 0 Å². The van der Waals surface area contributed by atoms with E-state index >= 15 is 0 Å². The number of carbonyl (C=O) groups excluding carboxylic acids is 3. The van der Waals surface area contributed by atoms with Gasteiger partial charge in [0.1, 0.15) is 23.9 Å². The molecular weight excluding hydrogens is 392 g/mol. The van der Waals surface area contributed by atoms with Crippen LogP contribution in [0.25, 0.3) is 10.6 Å². The van der Waals surface area contributed by atoms with Gasteiger partial charge in [-0.15, -0.1) is 11.3 Å². The lowest BCUT2D eigenvalue weighted by Gasteiger charge is -2.12. The van der Waals surface area contributed by atoms with Gasteiger partial charge in [0.15, 0.2) is 0 Å². The van der Waals surface area contributed by atoms with E-state index < -0.39 is 24.3 Å². The summed E-state index contributed by atoms with van der Waals surface area (Å²) in [5, 5.41) is 2.53. The van der Waals surface area contributed by atoms with Gasteiger partial charge in [0.05, 0.1) is 29.5 Å². The van der Waals surface area contributed by atoms with Gasteiger partial charge in [-0.05, 0) is 24.3 Å². The van der Waals surface area contributed by atoms with Crippen molar-refractivity contribution in [3.05, 3.63) is 70.7 Å². The third-order valence-electron chi connectivity index (χ3n) is 4.44. The molecule has 1 aliphatic heterocycles. The van der Waals surface area contributed by atoms with E-state index in [1.54, 1.807) is 36.8 Å². The van der Waals surface area contributed by atoms with Crippen LogP contribution in [0.3, 0.4) is 0 Å². The molecule has 0 aliphatic carbocycles. The number of esters is 1. The summed E-state index contributed by atoms with van der Waals surface area (Å²) in [5.74, 6) is -0.952. The number of benzene rings is 2. The van der Waals surface area contributed by atoms with Crippen molar-refractivity contribution in [2.24, 2.45) is 0 Å². The van der Waals surface area contributed by atoms with Gasteiger partial charge in [-0.1, -0.05) is 24.3 Å². The first kappa shape index (κ1) is 18.8. The topological polar surface area (TPSA) is 85.8 Å². The van der Waals surface area contributed by atoms with Crippen LogP contribution in [-0.2, 0) is 16.1 Å². The lowest BCUT2D eigenvalue weighted by Crippen LogP contribution is -2.35. The van der Waals surface area contributed by atoms with E-state index in [9.17, 15) is 14.4 Å². The highest BCUT2D eigenvalue weighted by Crippen LogP contribution is 2.32. The Balaban J connectivity index is 1.38. The number of methoxy groups -OCH3 is 1. The molecule has 3 aromatic rings. The summed E-state index contributed by atoms with van der Waals surface area (Å²) in [6.45, 7) is -0.483. The molecule has 1 aliphatic rings. The molecule has 0 saturated heterocycles. The smallest absolute Gasteiger partial charge is 0.326 e. The Bertz CT molecular complexity index is 1070. The van der Waals surface area contributed by atoms with E-state index in [0.29, 0.717) is 22.6 Å². The minimum Gasteiger partial charge on any atom is -0.496 e. The molecule has 29 heavy (non-hydrogen) atoms. The molecule has 146 valence electrons. The van der Waals surface area contributed by atoms with Crippen molar-refractivity contribution in [2.75, 3.05) is 13.7 Å². The maximum atomic E-state index is 12.3. The molecule has 1 aromatic heterocycles. The number of aromatic nitrogens is 1. The minimum atomic E-state index is -0.675. The molecule has 2 amide bonds. The molecule has 0 saturated carbocycles. The lowest BCUT2D eigenvalue weighted by atomic mass is 10.1. The third kappa shape index (κ3) is 3.62. The number of fused-ring (bicyclic) bond motifs is 1. The fraction of sp³-hybridized carbons (Fsp3) is 0.143. The average Bonchev–Trinajstić information content (AvgIpc) is 3.32. The second-order valence-corrected chi connectivity index (χ2v) is 7.11. The van der Waals surface area contributed by atoms with Crippen LogP contribution in [0.5, 0.6) is 5.75 Å². The molecule has 2 aromatic carbocycles. The number of hydrogen-bond acceptors (Lipinski definition) is 7. The molecule has 0 atom stereocenters. The Kier molecular flexibility index (Phi) is 5.09. The van der Waals surface area contributed by atoms with E-state index in [1.165, 1.54) is 11.3 Å². The Morgan fingerprint density at radius 3 is 2.28 bits per heavy atom. The largest absolute Gasteiger partial charge is 0.496 e. The first-order chi connectivity index (χ1) is 14.1. The van der Waals surface area contributed by atoms with Crippen molar-refractivity contribution < 1.29 is 23.9 Å². The van der Waals surface area contributed by atoms with Crippen LogP contribution in [0.4, 0.5) is 0 Å². The van der Waals surface area contributed by atoms with Crippen LogP contribution >= 0.6 is 11.3 Å². The number of carbonyl (C=O) groups is 3. The highest BCUT2D eigenvalue weighted by molar-refractivity contribution is 7.13. The van der Waals surface area contributed by atoms with Gasteiger partial charge in [0, 0.05) is 5.38 Å². The summed E-state index contributed by atoms with van der Waals surface area (Å²) < 4.78 is 10.6. The number of amides is 2. The Morgan fingerprint density at radius 2 is 1.62 bits per heavy atom. The fourth-order valence-corrected chi connectivity index (χ4v) is 3.86. The monoisotopic (exact) mass is 408 g/mol. The van der Waals surface area contributed by atoms with Crippen molar-refractivity contribution in [1.29, 1.82) is 0 Å². The number of nitrogens with zero attached hydrogens (tertiary/aromatic N) is 2. The Labute approximate surface area is 170 Å². The molecule has 2 heterocycles. The number of imide groups is 1. The van der Waals surface area contributed by atoms with Gasteiger partial charge < -0.3 is 9.47 Å². The second-order valence-electron chi connectivity index (χ2n) is 6.25. The standard InChI is InChI=1S/C21H16N2O5S/c1-27-17-9-5-4-8-16(17)19-22-13(12-29-19)11-28-18(24)10-23-20(25)14-6-2-3-7-15(14)21(23)26/h2-9,12H,10-11H2,1H3. The highest BCUT2D eigenvalue weighted by Gasteiger charge is 2.36. The van der Waals surface area contributed by atoms with Crippen molar-refractivity contribution in [3.8, 4) is 16.3 Å². The predicted molar refractivity (Wildman–Crippen MR) is 106 cm³/mol. The Morgan fingerprint density at radius 1 is 1.00 bits per heavy atom. The zero-order valence-corrected chi connectivity index (χ0v) is 16.3. The molecule has 4 rings (SSSR count). The zero-order chi connectivity index (χ0) is 20.4. The first-order valence-electron chi connectivity index (χ1n) is 8.77. The number of hydrogen-bond donors (Lipinski definition) is 0. The van der Waals surface area contributed by atoms with E-state index in [4.69, 9.17) is 9.47 Å². The highest BCUT2D eigenvalue weighted by atomic mass is 32.1. The zero-order valence-electron chi connectivity index (χ0n) is 15.5. The lowest BCUT2D eigenvalue weighted by molar-refractivity contribution is -0.145. The molecular formula is C21H16N2O5S. The van der Waals surface area contributed by atoms with E-state index in [0.717, 1.165) is 15.5 Å². The maximum Gasteiger partial charge on any atom is 0.326 e. The van der Waals surface area contributed by atoms with Crippen LogP contribution in [0, 0.1) is 0 Å². The van der Waals surface area contributed by atoms with Gasteiger partial charge in [0.25, 0.3) is 11.8 Å². The predicted octanol–water partition coefficient (Wildman–Crippen LogP) is 3.16. The summed E-state index contributed by atoms with van der Waals surface area (Å²) in [7, 11) is 1.59. The minimum absolute atomic E-state index is 0.0480. The molecule has 0 N–H and O–H groups in total. The summed E-state index contributed by atoms with van der Waals surface area (Å²) in [6, 6.07) is 14.0. The summed E-state index contributed by atoms with van der Waals surface area (Å²) in [5.41, 5.74) is 2.02. The number of ether oxygens (including phenoxy) is 2. The normalized spacial score (nSPS) is 12.8. The summed E-state index contributed by atoms with van der Waals surface area (Å²) >= 11 is 1.41. The van der Waals surface area contributed by atoms with Crippen molar-refractivity contribution in [3.63, 3.8) is 0 Å². The van der Waals surface area contributed by atoms with Crippen molar-refractivity contribution >= 4 is 29.1 Å². The van der Waals surface area contributed by atoms with Gasteiger partial charge >= 0.3 is 5.97 Å². The van der Waals surface area contributed by atoms with Gasteiger partial charge in [-0.2, -0.15) is 0 Å². The number of rotatable bonds is 6. The second kappa shape index (κ2) is 7.84. The van der Waals surface area contributed by atoms with Crippen molar-refractivity contribution in [2.45, 2.75) is 6.61 Å². The number of thiazole rings is 1. The fourth-order valence-electron chi connectivity index (χ4n) is 3.03. The maximum absolute atomic E-state index is 12.3. The summed E-state index contributed by atoms with van der Waals surface area (Å²) in [6.07, 6.45) is 0. The average molecular weight is 408 g/mol. The molecule has 0 fully saturated rings. The van der Waals surface area contributed by atoms with E-state index in [-0.39, 0.29) is 6.61 Å². The molecule has 8 heteroatoms. The molecule has 7 nitrogen and oxygen atoms in total. The van der Waals surface area contributed by atoms with E-state index in [1.807, 2.05) is 24.3 Å². The van der Waals surface area contributed by atoms with E-state index in [2.05, 4.69) is 4.98 Å². The first-order valence-corrected chi connectivity index (χ1v) is 9.65. The van der Waals surface area contributed by atoms with Crippen LogP contribution in [-0.4, -0.2) is 41.3 Å². The Hall–Kier alpha value is -3.52. The van der Waals surface area contributed by atoms with Gasteiger partial charge in [-0.3, -0.25) is 19.3 Å². The van der Waals surface area contributed by atoms with Crippen molar-refractivity contribution in [1.82, 2.24) is 9.88 Å². The van der Waals surface area contributed by atoms with Crippen LogP contribution in [0.1, 0.15) is 26.4 Å². The SMILES string of the molecule is COc1ccccc1-c1nc(COC(=O)CN2C(=O)c3ccccc3C2=O)cs1.